The molecule has 0 amide bonds. The van der Waals surface area contributed by atoms with Gasteiger partial charge in [-0.05, 0) is 24.3 Å². The Morgan fingerprint density at radius 3 is 1.59 bits per heavy atom. The highest BCUT2D eigenvalue weighted by Crippen LogP contribution is 2.37. The highest BCUT2D eigenvalue weighted by atomic mass is 79.9. The normalized spacial score (nSPS) is 11.5. The summed E-state index contributed by atoms with van der Waals surface area (Å²) in [6.07, 6.45) is 0. The van der Waals surface area contributed by atoms with E-state index < -0.39 is 0 Å². The van der Waals surface area contributed by atoms with E-state index in [9.17, 15) is 0 Å². The lowest BCUT2D eigenvalue weighted by Gasteiger charge is -1.96. The van der Waals surface area contributed by atoms with Crippen LogP contribution in [0.4, 0.5) is 0 Å². The average molecular weight is 350 g/mol. The summed E-state index contributed by atoms with van der Waals surface area (Å²) in [5.74, 6) is 0. The van der Waals surface area contributed by atoms with Crippen LogP contribution in [0.2, 0.25) is 0 Å². The SMILES string of the molecule is [CH]c1c(Br)ccc2c1oc1c([CH])c(Br)ccc12. The molecular weight excluding hydrogens is 344 g/mol. The first-order chi connectivity index (χ1) is 8.09. The Hall–Kier alpha value is -0.800. The molecule has 0 aliphatic rings. The molecule has 0 saturated carbocycles. The van der Waals surface area contributed by atoms with E-state index in [1.165, 1.54) is 0 Å². The molecule has 4 radical (unpaired) electrons. The van der Waals surface area contributed by atoms with Crippen molar-refractivity contribution in [2.45, 2.75) is 0 Å². The molecule has 0 N–H and O–H groups in total. The summed E-state index contributed by atoms with van der Waals surface area (Å²) >= 11 is 6.76. The summed E-state index contributed by atoms with van der Waals surface area (Å²) in [7, 11) is 0. The molecule has 0 aliphatic heterocycles. The van der Waals surface area contributed by atoms with Gasteiger partial charge in [0.15, 0.2) is 0 Å². The molecule has 0 bridgehead atoms. The maximum atomic E-state index is 5.98. The van der Waals surface area contributed by atoms with Crippen LogP contribution in [0.15, 0.2) is 37.6 Å². The Labute approximate surface area is 116 Å². The van der Waals surface area contributed by atoms with Crippen molar-refractivity contribution < 1.29 is 4.42 Å². The van der Waals surface area contributed by atoms with Crippen molar-refractivity contribution in [3.8, 4) is 0 Å². The number of hydrogen-bond donors (Lipinski definition) is 0. The first-order valence-corrected chi connectivity index (χ1v) is 6.52. The molecule has 82 valence electrons. The first-order valence-electron chi connectivity index (χ1n) is 4.93. The van der Waals surface area contributed by atoms with Crippen LogP contribution in [0, 0.1) is 13.8 Å². The molecular formula is C14H6Br2O. The van der Waals surface area contributed by atoms with Gasteiger partial charge in [0, 0.05) is 44.7 Å². The highest BCUT2D eigenvalue weighted by Gasteiger charge is 2.13. The zero-order valence-electron chi connectivity index (χ0n) is 8.63. The Balaban J connectivity index is 2.58. The second-order valence-corrected chi connectivity index (χ2v) is 5.49. The summed E-state index contributed by atoms with van der Waals surface area (Å²) in [6.45, 7) is 12.0. The van der Waals surface area contributed by atoms with Crippen molar-refractivity contribution in [3.05, 3.63) is 58.2 Å². The molecule has 2 aromatic carbocycles. The van der Waals surface area contributed by atoms with Gasteiger partial charge in [0.25, 0.3) is 0 Å². The largest absolute Gasteiger partial charge is 0.455 e. The van der Waals surface area contributed by atoms with E-state index in [0.717, 1.165) is 19.7 Å². The van der Waals surface area contributed by atoms with Crippen LogP contribution in [0.5, 0.6) is 0 Å². The second-order valence-electron chi connectivity index (χ2n) is 3.78. The molecule has 0 aliphatic carbocycles. The number of fused-ring (bicyclic) bond motifs is 3. The van der Waals surface area contributed by atoms with Crippen molar-refractivity contribution in [2.75, 3.05) is 0 Å². The van der Waals surface area contributed by atoms with Crippen LogP contribution in [-0.2, 0) is 0 Å². The molecule has 0 atom stereocenters. The maximum absolute atomic E-state index is 5.98. The third kappa shape index (κ3) is 1.56. The van der Waals surface area contributed by atoms with Crippen molar-refractivity contribution in [1.82, 2.24) is 0 Å². The highest BCUT2D eigenvalue weighted by molar-refractivity contribution is 9.10. The summed E-state index contributed by atoms with van der Waals surface area (Å²) in [5, 5.41) is 1.94. The summed E-state index contributed by atoms with van der Waals surface area (Å²) in [6, 6.07) is 7.75. The van der Waals surface area contributed by atoms with Gasteiger partial charge in [0.05, 0.1) is 0 Å². The summed E-state index contributed by atoms with van der Waals surface area (Å²) < 4.78 is 7.41. The second kappa shape index (κ2) is 3.85. The standard InChI is InChI=1S/C14H6Br2O/c1-7-11(15)5-3-9-10-4-6-12(16)8(2)14(10)17-13(7)9/h1-6H. The molecule has 1 nitrogen and oxygen atoms in total. The lowest BCUT2D eigenvalue weighted by Crippen LogP contribution is -1.76. The number of hydrogen-bond acceptors (Lipinski definition) is 1. The van der Waals surface area contributed by atoms with Crippen LogP contribution in [0.25, 0.3) is 21.9 Å². The molecule has 0 unspecified atom stereocenters. The molecule has 0 spiro atoms. The van der Waals surface area contributed by atoms with Crippen LogP contribution in [0.3, 0.4) is 0 Å². The molecule has 1 aromatic heterocycles. The molecule has 3 rings (SSSR count). The lowest BCUT2D eigenvalue weighted by molar-refractivity contribution is 0.665. The Morgan fingerprint density at radius 1 is 0.765 bits per heavy atom. The van der Waals surface area contributed by atoms with Gasteiger partial charge < -0.3 is 4.42 Å². The van der Waals surface area contributed by atoms with Crippen molar-refractivity contribution >= 4 is 53.8 Å². The van der Waals surface area contributed by atoms with E-state index in [4.69, 9.17) is 18.3 Å². The van der Waals surface area contributed by atoms with Crippen LogP contribution in [0.1, 0.15) is 11.1 Å². The molecule has 3 heteroatoms. The monoisotopic (exact) mass is 348 g/mol. The fraction of sp³-hybridized carbons (Fsp3) is 0. The van der Waals surface area contributed by atoms with E-state index in [0.29, 0.717) is 22.3 Å². The fourth-order valence-electron chi connectivity index (χ4n) is 1.90. The number of benzene rings is 2. The van der Waals surface area contributed by atoms with Gasteiger partial charge >= 0.3 is 0 Å². The summed E-state index contributed by atoms with van der Waals surface area (Å²) in [5.41, 5.74) is 2.52. The van der Waals surface area contributed by atoms with Crippen LogP contribution >= 0.6 is 31.9 Å². The Kier molecular flexibility index (Phi) is 2.56. The summed E-state index contributed by atoms with van der Waals surface area (Å²) in [4.78, 5) is 0. The topological polar surface area (TPSA) is 13.1 Å². The van der Waals surface area contributed by atoms with E-state index in [1.807, 2.05) is 24.3 Å². The van der Waals surface area contributed by atoms with Gasteiger partial charge in [-0.2, -0.15) is 0 Å². The first kappa shape index (κ1) is 11.3. The molecule has 17 heavy (non-hydrogen) atoms. The minimum Gasteiger partial charge on any atom is -0.455 e. The van der Waals surface area contributed by atoms with E-state index in [-0.39, 0.29) is 0 Å². The smallest absolute Gasteiger partial charge is 0.140 e. The predicted molar refractivity (Wildman–Crippen MR) is 75.9 cm³/mol. The predicted octanol–water partition coefficient (Wildman–Crippen LogP) is 5.23. The number of halogens is 2. The van der Waals surface area contributed by atoms with Crippen molar-refractivity contribution in [2.24, 2.45) is 0 Å². The van der Waals surface area contributed by atoms with Gasteiger partial charge in [-0.15, -0.1) is 0 Å². The fourth-order valence-corrected chi connectivity index (χ4v) is 2.52. The number of rotatable bonds is 0. The van der Waals surface area contributed by atoms with Crippen molar-refractivity contribution in [3.63, 3.8) is 0 Å². The quantitative estimate of drug-likeness (QED) is 0.541. The van der Waals surface area contributed by atoms with Gasteiger partial charge in [0.1, 0.15) is 11.2 Å². The Bertz CT molecular complexity index is 679. The minimum atomic E-state index is 0.592. The zero-order chi connectivity index (χ0) is 12.2. The molecule has 3 aromatic rings. The van der Waals surface area contributed by atoms with E-state index in [1.54, 1.807) is 0 Å². The molecule has 0 fully saturated rings. The molecule has 1 heterocycles. The van der Waals surface area contributed by atoms with Gasteiger partial charge in [-0.3, -0.25) is 0 Å². The van der Waals surface area contributed by atoms with Crippen LogP contribution in [-0.4, -0.2) is 0 Å². The van der Waals surface area contributed by atoms with Crippen molar-refractivity contribution in [1.29, 1.82) is 0 Å². The van der Waals surface area contributed by atoms with Gasteiger partial charge in [0.2, 0.25) is 0 Å². The third-order valence-corrected chi connectivity index (χ3v) is 4.16. The Morgan fingerprint density at radius 2 is 1.18 bits per heavy atom. The van der Waals surface area contributed by atoms with E-state index in [2.05, 4.69) is 31.9 Å². The van der Waals surface area contributed by atoms with Crippen LogP contribution < -0.4 is 0 Å². The minimum absolute atomic E-state index is 0.592. The number of furan rings is 1. The third-order valence-electron chi connectivity index (χ3n) is 2.78. The molecule has 0 saturated heterocycles. The maximum Gasteiger partial charge on any atom is 0.140 e. The van der Waals surface area contributed by atoms with E-state index >= 15 is 0 Å². The average Bonchev–Trinajstić information content (AvgIpc) is 2.69. The zero-order valence-corrected chi connectivity index (χ0v) is 11.8. The van der Waals surface area contributed by atoms with Gasteiger partial charge in [-0.1, -0.05) is 31.9 Å². The lowest BCUT2D eigenvalue weighted by atomic mass is 10.1. The van der Waals surface area contributed by atoms with Gasteiger partial charge in [-0.25, -0.2) is 0 Å².